The number of nitrogens with two attached hydrogens (primary N) is 1. The Morgan fingerprint density at radius 1 is 1.38 bits per heavy atom. The average molecular weight is 289 g/mol. The van der Waals surface area contributed by atoms with Gasteiger partial charge < -0.3 is 16.0 Å². The van der Waals surface area contributed by atoms with Crippen LogP contribution in [-0.2, 0) is 11.2 Å². The molecule has 3 unspecified atom stereocenters. The van der Waals surface area contributed by atoms with Crippen LogP contribution in [0.3, 0.4) is 0 Å². The van der Waals surface area contributed by atoms with Crippen molar-refractivity contribution in [3.8, 4) is 0 Å². The van der Waals surface area contributed by atoms with Crippen LogP contribution in [0.1, 0.15) is 32.8 Å². The van der Waals surface area contributed by atoms with E-state index in [2.05, 4.69) is 48.3 Å². The van der Waals surface area contributed by atoms with E-state index in [4.69, 9.17) is 5.73 Å². The van der Waals surface area contributed by atoms with Gasteiger partial charge in [0.15, 0.2) is 0 Å². The first-order valence-corrected chi connectivity index (χ1v) is 7.92. The maximum Gasteiger partial charge on any atom is 0.237 e. The summed E-state index contributed by atoms with van der Waals surface area (Å²) < 4.78 is 0. The minimum absolute atomic E-state index is 0.0383. The molecule has 0 saturated heterocycles. The van der Waals surface area contributed by atoms with Crippen LogP contribution in [0.15, 0.2) is 24.3 Å². The van der Waals surface area contributed by atoms with E-state index in [0.29, 0.717) is 6.54 Å². The van der Waals surface area contributed by atoms with E-state index in [1.54, 1.807) is 0 Å². The number of para-hydroxylation sites is 1. The van der Waals surface area contributed by atoms with E-state index >= 15 is 0 Å². The highest BCUT2D eigenvalue weighted by Crippen LogP contribution is 2.28. The topological polar surface area (TPSA) is 58.4 Å². The van der Waals surface area contributed by atoms with Crippen LogP contribution in [0.2, 0.25) is 0 Å². The maximum absolute atomic E-state index is 12.1. The van der Waals surface area contributed by atoms with E-state index < -0.39 is 6.04 Å². The van der Waals surface area contributed by atoms with Gasteiger partial charge in [0.05, 0.1) is 6.04 Å². The molecule has 1 amide bonds. The molecule has 4 heteroatoms. The van der Waals surface area contributed by atoms with Crippen molar-refractivity contribution in [2.24, 2.45) is 11.7 Å². The molecule has 3 atom stereocenters. The number of hydrogen-bond acceptors (Lipinski definition) is 3. The number of rotatable bonds is 6. The molecule has 0 aromatic heterocycles. The van der Waals surface area contributed by atoms with Crippen LogP contribution in [0.5, 0.6) is 0 Å². The predicted molar refractivity (Wildman–Crippen MR) is 87.4 cm³/mol. The Labute approximate surface area is 127 Å². The van der Waals surface area contributed by atoms with Crippen molar-refractivity contribution in [1.29, 1.82) is 0 Å². The smallest absolute Gasteiger partial charge is 0.237 e. The standard InChI is InChI=1S/C17H27N3O/c1-4-12(2)16(18)17(21)19-11-13(3)20-10-9-14-7-5-6-8-15(14)20/h5-8,12-13,16H,4,9-11,18H2,1-3H3,(H,19,21). The number of carbonyl (C=O) groups excluding carboxylic acids is 1. The molecule has 0 spiro atoms. The molecule has 116 valence electrons. The third-order valence-electron chi connectivity index (χ3n) is 4.59. The first kappa shape index (κ1) is 15.8. The highest BCUT2D eigenvalue weighted by Gasteiger charge is 2.24. The molecule has 0 aliphatic carbocycles. The minimum Gasteiger partial charge on any atom is -0.366 e. The number of benzene rings is 1. The maximum atomic E-state index is 12.1. The van der Waals surface area contributed by atoms with Crippen LogP contribution in [-0.4, -0.2) is 31.1 Å². The number of carbonyl (C=O) groups is 1. The van der Waals surface area contributed by atoms with Gasteiger partial charge in [0.2, 0.25) is 5.91 Å². The molecule has 1 aliphatic rings. The average Bonchev–Trinajstić information content (AvgIpc) is 2.94. The van der Waals surface area contributed by atoms with Crippen molar-refractivity contribution in [3.63, 3.8) is 0 Å². The third-order valence-corrected chi connectivity index (χ3v) is 4.59. The molecular weight excluding hydrogens is 262 g/mol. The Balaban J connectivity index is 1.89. The summed E-state index contributed by atoms with van der Waals surface area (Å²) >= 11 is 0. The van der Waals surface area contributed by atoms with Crippen LogP contribution in [0.4, 0.5) is 5.69 Å². The molecule has 0 saturated carbocycles. The molecule has 3 N–H and O–H groups in total. The summed E-state index contributed by atoms with van der Waals surface area (Å²) in [7, 11) is 0. The lowest BCUT2D eigenvalue weighted by Crippen LogP contribution is -2.49. The Morgan fingerprint density at radius 3 is 2.81 bits per heavy atom. The van der Waals surface area contributed by atoms with Crippen LogP contribution in [0, 0.1) is 5.92 Å². The van der Waals surface area contributed by atoms with Crippen molar-refractivity contribution in [2.75, 3.05) is 18.0 Å². The minimum atomic E-state index is -0.409. The van der Waals surface area contributed by atoms with Crippen LogP contribution in [0.25, 0.3) is 0 Å². The van der Waals surface area contributed by atoms with Crippen molar-refractivity contribution in [2.45, 2.75) is 45.7 Å². The van der Waals surface area contributed by atoms with E-state index in [9.17, 15) is 4.79 Å². The quantitative estimate of drug-likeness (QED) is 0.841. The highest BCUT2D eigenvalue weighted by molar-refractivity contribution is 5.81. The van der Waals surface area contributed by atoms with Crippen molar-refractivity contribution in [3.05, 3.63) is 29.8 Å². The second-order valence-electron chi connectivity index (χ2n) is 6.08. The molecule has 2 rings (SSSR count). The number of anilines is 1. The Hall–Kier alpha value is -1.55. The molecule has 0 bridgehead atoms. The molecule has 0 radical (unpaired) electrons. The highest BCUT2D eigenvalue weighted by atomic mass is 16.2. The van der Waals surface area contributed by atoms with Gasteiger partial charge in [-0.3, -0.25) is 4.79 Å². The van der Waals surface area contributed by atoms with Gasteiger partial charge in [0, 0.05) is 24.8 Å². The lowest BCUT2D eigenvalue weighted by molar-refractivity contribution is -0.123. The SMILES string of the molecule is CCC(C)C(N)C(=O)NCC(C)N1CCc2ccccc21. The fourth-order valence-electron chi connectivity index (χ4n) is 2.81. The first-order valence-electron chi connectivity index (χ1n) is 7.92. The van der Waals surface area contributed by atoms with E-state index in [1.165, 1.54) is 11.3 Å². The predicted octanol–water partition coefficient (Wildman–Crippen LogP) is 1.93. The largest absolute Gasteiger partial charge is 0.366 e. The Kier molecular flexibility index (Phi) is 5.23. The number of nitrogens with one attached hydrogen (secondary N) is 1. The fourth-order valence-corrected chi connectivity index (χ4v) is 2.81. The summed E-state index contributed by atoms with van der Waals surface area (Å²) in [5.41, 5.74) is 8.65. The Bertz CT molecular complexity index is 489. The second kappa shape index (κ2) is 6.94. The zero-order valence-electron chi connectivity index (χ0n) is 13.3. The van der Waals surface area contributed by atoms with Crippen molar-refractivity contribution in [1.82, 2.24) is 5.32 Å². The molecule has 4 nitrogen and oxygen atoms in total. The molecule has 1 aromatic rings. The number of nitrogens with zero attached hydrogens (tertiary/aromatic N) is 1. The van der Waals surface area contributed by atoms with Gasteiger partial charge in [-0.1, -0.05) is 38.5 Å². The summed E-state index contributed by atoms with van der Waals surface area (Å²) in [6, 6.07) is 8.36. The van der Waals surface area contributed by atoms with E-state index in [1.807, 2.05) is 6.92 Å². The summed E-state index contributed by atoms with van der Waals surface area (Å²) in [5, 5.41) is 3.00. The molecule has 1 heterocycles. The lowest BCUT2D eigenvalue weighted by atomic mass is 9.99. The monoisotopic (exact) mass is 289 g/mol. The first-order chi connectivity index (χ1) is 10.0. The van der Waals surface area contributed by atoms with Gasteiger partial charge in [0.1, 0.15) is 0 Å². The van der Waals surface area contributed by atoms with E-state index in [0.717, 1.165) is 19.4 Å². The van der Waals surface area contributed by atoms with Gasteiger partial charge in [-0.05, 0) is 30.9 Å². The van der Waals surface area contributed by atoms with Gasteiger partial charge in [-0.2, -0.15) is 0 Å². The summed E-state index contributed by atoms with van der Waals surface area (Å²) in [5.74, 6) is 0.177. The van der Waals surface area contributed by atoms with Crippen LogP contribution >= 0.6 is 0 Å². The summed E-state index contributed by atoms with van der Waals surface area (Å²) in [4.78, 5) is 14.4. The second-order valence-corrected chi connectivity index (χ2v) is 6.08. The van der Waals surface area contributed by atoms with Crippen LogP contribution < -0.4 is 16.0 Å². The lowest BCUT2D eigenvalue weighted by Gasteiger charge is -2.28. The van der Waals surface area contributed by atoms with E-state index in [-0.39, 0.29) is 17.9 Å². The number of fused-ring (bicyclic) bond motifs is 1. The number of hydrogen-bond donors (Lipinski definition) is 2. The summed E-state index contributed by atoms with van der Waals surface area (Å²) in [6.07, 6.45) is 2.00. The molecule has 21 heavy (non-hydrogen) atoms. The van der Waals surface area contributed by atoms with Gasteiger partial charge >= 0.3 is 0 Å². The fraction of sp³-hybridized carbons (Fsp3) is 0.588. The molecular formula is C17H27N3O. The van der Waals surface area contributed by atoms with Gasteiger partial charge in [-0.15, -0.1) is 0 Å². The molecule has 1 aromatic carbocycles. The molecule has 0 fully saturated rings. The Morgan fingerprint density at radius 2 is 2.10 bits per heavy atom. The van der Waals surface area contributed by atoms with Crippen molar-refractivity contribution >= 4 is 11.6 Å². The normalized spacial score (nSPS) is 18.0. The molecule has 1 aliphatic heterocycles. The number of amides is 1. The zero-order chi connectivity index (χ0) is 15.4. The van der Waals surface area contributed by atoms with Gasteiger partial charge in [-0.25, -0.2) is 0 Å². The van der Waals surface area contributed by atoms with Crippen molar-refractivity contribution < 1.29 is 4.79 Å². The zero-order valence-corrected chi connectivity index (χ0v) is 13.3. The van der Waals surface area contributed by atoms with Gasteiger partial charge in [0.25, 0.3) is 0 Å². The third kappa shape index (κ3) is 3.56. The summed E-state index contributed by atoms with van der Waals surface area (Å²) in [6.45, 7) is 7.88.